The smallest absolute Gasteiger partial charge is 0.113 e. The molecule has 1 aromatic rings. The zero-order valence-electron chi connectivity index (χ0n) is 8.03. The van der Waals surface area contributed by atoms with Crippen LogP contribution in [-0.4, -0.2) is 12.5 Å². The molecule has 1 saturated heterocycles. The van der Waals surface area contributed by atoms with Gasteiger partial charge in [-0.15, -0.1) is 0 Å². The van der Waals surface area contributed by atoms with Crippen molar-refractivity contribution in [2.75, 3.05) is 6.54 Å². The van der Waals surface area contributed by atoms with Crippen molar-refractivity contribution in [1.29, 1.82) is 0 Å². The Labute approximate surface area is 86.8 Å². The third kappa shape index (κ3) is 1.55. The Morgan fingerprint density at radius 3 is 3.07 bits per heavy atom. The van der Waals surface area contributed by atoms with Crippen LogP contribution in [0.1, 0.15) is 24.9 Å². The summed E-state index contributed by atoms with van der Waals surface area (Å²) in [5.41, 5.74) is 0.576. The van der Waals surface area contributed by atoms with E-state index >= 15 is 0 Å². The second kappa shape index (κ2) is 3.37. The molecular formula is C10H13NO2S. The van der Waals surface area contributed by atoms with Crippen molar-refractivity contribution >= 4 is 17.3 Å². The van der Waals surface area contributed by atoms with E-state index in [-0.39, 0.29) is 0 Å². The van der Waals surface area contributed by atoms with Crippen molar-refractivity contribution in [3.8, 4) is 0 Å². The first kappa shape index (κ1) is 9.68. The SMILES string of the molecule is C[C@]1(C(=O)[O-])C[NH2+]C(c2ccsc2)C1. The number of rotatable bonds is 2. The quantitative estimate of drug-likeness (QED) is 0.718. The summed E-state index contributed by atoms with van der Waals surface area (Å²) in [6, 6.07) is 2.36. The molecule has 1 unspecified atom stereocenters. The van der Waals surface area contributed by atoms with Crippen LogP contribution in [0.2, 0.25) is 0 Å². The van der Waals surface area contributed by atoms with Crippen LogP contribution in [0.4, 0.5) is 0 Å². The first-order valence-corrected chi connectivity index (χ1v) is 5.63. The molecular weight excluding hydrogens is 198 g/mol. The first-order valence-electron chi connectivity index (χ1n) is 4.69. The van der Waals surface area contributed by atoms with Gasteiger partial charge in [-0.2, -0.15) is 11.3 Å². The normalized spacial score (nSPS) is 31.9. The topological polar surface area (TPSA) is 56.7 Å². The number of quaternary nitrogens is 1. The Morgan fingerprint density at radius 1 is 1.79 bits per heavy atom. The van der Waals surface area contributed by atoms with Crippen LogP contribution >= 0.6 is 11.3 Å². The van der Waals surface area contributed by atoms with Gasteiger partial charge in [-0.1, -0.05) is 0 Å². The minimum absolute atomic E-state index is 0.296. The fourth-order valence-electron chi connectivity index (χ4n) is 1.96. The van der Waals surface area contributed by atoms with Crippen molar-refractivity contribution in [2.24, 2.45) is 5.41 Å². The maximum atomic E-state index is 10.9. The molecule has 14 heavy (non-hydrogen) atoms. The highest BCUT2D eigenvalue weighted by Gasteiger charge is 2.40. The molecule has 3 nitrogen and oxygen atoms in total. The highest BCUT2D eigenvalue weighted by atomic mass is 32.1. The third-order valence-electron chi connectivity index (χ3n) is 2.99. The van der Waals surface area contributed by atoms with E-state index in [2.05, 4.69) is 16.8 Å². The van der Waals surface area contributed by atoms with Crippen molar-refractivity contribution in [3.63, 3.8) is 0 Å². The number of carbonyl (C=O) groups excluding carboxylic acids is 1. The number of thiophene rings is 1. The lowest BCUT2D eigenvalue weighted by Gasteiger charge is -2.20. The van der Waals surface area contributed by atoms with E-state index in [1.54, 1.807) is 18.3 Å². The van der Waals surface area contributed by atoms with Gasteiger partial charge in [0.1, 0.15) is 6.04 Å². The molecule has 2 rings (SSSR count). The molecule has 0 amide bonds. The van der Waals surface area contributed by atoms with Crippen LogP contribution in [0.15, 0.2) is 16.8 Å². The molecule has 2 heterocycles. The highest BCUT2D eigenvalue weighted by Crippen LogP contribution is 2.31. The Bertz CT molecular complexity index is 336. The average molecular weight is 211 g/mol. The second-order valence-electron chi connectivity index (χ2n) is 4.16. The lowest BCUT2D eigenvalue weighted by atomic mass is 9.87. The monoisotopic (exact) mass is 211 g/mol. The van der Waals surface area contributed by atoms with Gasteiger partial charge in [-0.25, -0.2) is 0 Å². The van der Waals surface area contributed by atoms with Gasteiger partial charge in [0.05, 0.1) is 17.9 Å². The van der Waals surface area contributed by atoms with E-state index < -0.39 is 11.4 Å². The van der Waals surface area contributed by atoms with E-state index in [4.69, 9.17) is 0 Å². The molecule has 76 valence electrons. The summed E-state index contributed by atoms with van der Waals surface area (Å²) in [7, 11) is 0. The minimum atomic E-state index is -0.925. The van der Waals surface area contributed by atoms with E-state index in [1.165, 1.54) is 5.56 Å². The largest absolute Gasteiger partial charge is 0.549 e. The molecule has 2 atom stereocenters. The number of hydrogen-bond acceptors (Lipinski definition) is 3. The summed E-state index contributed by atoms with van der Waals surface area (Å²) in [4.78, 5) is 10.9. The molecule has 0 radical (unpaired) electrons. The van der Waals surface area contributed by atoms with Gasteiger partial charge in [-0.05, 0) is 23.8 Å². The van der Waals surface area contributed by atoms with Gasteiger partial charge in [0.15, 0.2) is 0 Å². The number of carbonyl (C=O) groups is 1. The van der Waals surface area contributed by atoms with E-state index in [1.807, 2.05) is 5.38 Å². The Balaban J connectivity index is 2.12. The molecule has 2 N–H and O–H groups in total. The molecule has 1 aliphatic heterocycles. The van der Waals surface area contributed by atoms with Crippen molar-refractivity contribution in [3.05, 3.63) is 22.4 Å². The lowest BCUT2D eigenvalue weighted by molar-refractivity contribution is -0.679. The maximum Gasteiger partial charge on any atom is 0.113 e. The molecule has 0 aliphatic carbocycles. The van der Waals surface area contributed by atoms with Gasteiger partial charge >= 0.3 is 0 Å². The minimum Gasteiger partial charge on any atom is -0.549 e. The maximum absolute atomic E-state index is 10.9. The van der Waals surface area contributed by atoms with Gasteiger partial charge in [0.2, 0.25) is 0 Å². The molecule has 0 saturated carbocycles. The molecule has 0 bridgehead atoms. The molecule has 0 aromatic carbocycles. The van der Waals surface area contributed by atoms with Crippen LogP contribution in [0.3, 0.4) is 0 Å². The molecule has 1 aromatic heterocycles. The van der Waals surface area contributed by atoms with Crippen LogP contribution in [0.25, 0.3) is 0 Å². The van der Waals surface area contributed by atoms with Crippen LogP contribution in [0.5, 0.6) is 0 Å². The molecule has 0 spiro atoms. The molecule has 1 fully saturated rings. The van der Waals surface area contributed by atoms with Crippen LogP contribution < -0.4 is 10.4 Å². The van der Waals surface area contributed by atoms with Crippen LogP contribution in [-0.2, 0) is 4.79 Å². The second-order valence-corrected chi connectivity index (χ2v) is 4.94. The summed E-state index contributed by atoms with van der Waals surface area (Å²) in [5.74, 6) is -0.925. The van der Waals surface area contributed by atoms with Gasteiger partial charge in [0, 0.05) is 12.0 Å². The standard InChI is InChI=1S/C10H13NO2S/c1-10(9(12)13)4-8(11-6-10)7-2-3-14-5-7/h2-3,5,8,11H,4,6H2,1H3,(H,12,13)/t8?,10-/m1/s1. The zero-order valence-corrected chi connectivity index (χ0v) is 8.84. The summed E-state index contributed by atoms with van der Waals surface area (Å²) in [5, 5.41) is 17.1. The Morgan fingerprint density at radius 2 is 2.57 bits per heavy atom. The summed E-state index contributed by atoms with van der Waals surface area (Å²) in [6.45, 7) is 2.39. The summed E-state index contributed by atoms with van der Waals surface area (Å²) < 4.78 is 0. The summed E-state index contributed by atoms with van der Waals surface area (Å²) in [6.07, 6.45) is 0.673. The molecule has 1 aliphatic rings. The first-order chi connectivity index (χ1) is 6.62. The van der Waals surface area contributed by atoms with Crippen molar-refractivity contribution < 1.29 is 15.2 Å². The number of hydrogen-bond donors (Lipinski definition) is 1. The number of aliphatic carboxylic acids is 1. The lowest BCUT2D eigenvalue weighted by Crippen LogP contribution is -2.83. The number of nitrogens with two attached hydrogens (primary N) is 1. The molecule has 4 heteroatoms. The van der Waals surface area contributed by atoms with Gasteiger partial charge in [-0.3, -0.25) is 0 Å². The zero-order chi connectivity index (χ0) is 10.2. The third-order valence-corrected chi connectivity index (χ3v) is 3.69. The fraction of sp³-hybridized carbons (Fsp3) is 0.500. The average Bonchev–Trinajstić information content (AvgIpc) is 2.72. The van der Waals surface area contributed by atoms with Gasteiger partial charge in [0.25, 0.3) is 0 Å². The van der Waals surface area contributed by atoms with Crippen molar-refractivity contribution in [2.45, 2.75) is 19.4 Å². The van der Waals surface area contributed by atoms with Crippen molar-refractivity contribution in [1.82, 2.24) is 0 Å². The predicted octanol–water partition coefficient (Wildman–Crippen LogP) is -0.488. The predicted molar refractivity (Wildman–Crippen MR) is 51.6 cm³/mol. The fourth-order valence-corrected chi connectivity index (χ4v) is 2.69. The van der Waals surface area contributed by atoms with Gasteiger partial charge < -0.3 is 15.2 Å². The van der Waals surface area contributed by atoms with E-state index in [9.17, 15) is 9.90 Å². The summed E-state index contributed by atoms with van der Waals surface area (Å²) >= 11 is 1.65. The van der Waals surface area contributed by atoms with E-state index in [0.717, 1.165) is 0 Å². The Kier molecular flexibility index (Phi) is 2.33. The highest BCUT2D eigenvalue weighted by molar-refractivity contribution is 7.07. The van der Waals surface area contributed by atoms with Crippen LogP contribution in [0, 0.1) is 5.41 Å². The Hall–Kier alpha value is -0.870. The van der Waals surface area contributed by atoms with E-state index in [0.29, 0.717) is 19.0 Å². The number of carboxylic acid groups (broad SMARTS) is 1. The number of carboxylic acids is 1.